The van der Waals surface area contributed by atoms with Crippen LogP contribution in [-0.4, -0.2) is 40.8 Å². The molecular formula is C27H38N2O6. The number of hydrogen-bond acceptors (Lipinski definition) is 6. The predicted molar refractivity (Wildman–Crippen MR) is 137 cm³/mol. The average molecular weight is 487 g/mol. The Morgan fingerprint density at radius 3 is 2.34 bits per heavy atom. The minimum absolute atomic E-state index is 0.118. The minimum atomic E-state index is -1.00. The van der Waals surface area contributed by atoms with Crippen LogP contribution in [0.5, 0.6) is 5.75 Å². The van der Waals surface area contributed by atoms with E-state index >= 15 is 0 Å². The zero-order valence-corrected chi connectivity index (χ0v) is 20.6. The second kappa shape index (κ2) is 15.8. The molecule has 0 bridgehead atoms. The topological polar surface area (TPSA) is 113 Å². The molecule has 2 rings (SSSR count). The largest absolute Gasteiger partial charge is 0.493 e. The number of amides is 1. The van der Waals surface area contributed by atoms with E-state index in [1.165, 1.54) is 13.0 Å². The number of anilines is 1. The summed E-state index contributed by atoms with van der Waals surface area (Å²) in [6.45, 7) is 2.76. The highest BCUT2D eigenvalue weighted by Gasteiger charge is 2.22. The van der Waals surface area contributed by atoms with Crippen molar-refractivity contribution in [1.82, 2.24) is 0 Å². The number of benzene rings is 2. The maximum Gasteiger partial charge on any atom is 0.278 e. The molecule has 0 aliphatic carbocycles. The molecule has 1 amide bonds. The van der Waals surface area contributed by atoms with Gasteiger partial charge in [0.15, 0.2) is 0 Å². The molecule has 0 aliphatic rings. The van der Waals surface area contributed by atoms with Crippen molar-refractivity contribution in [2.24, 2.45) is 0 Å². The normalized spacial score (nSPS) is 11.7. The summed E-state index contributed by atoms with van der Waals surface area (Å²) >= 11 is 0. The molecule has 0 spiro atoms. The maximum atomic E-state index is 12.9. The smallest absolute Gasteiger partial charge is 0.278 e. The van der Waals surface area contributed by atoms with E-state index < -0.39 is 11.0 Å². The van der Waals surface area contributed by atoms with Crippen LogP contribution in [0.25, 0.3) is 0 Å². The van der Waals surface area contributed by atoms with Crippen LogP contribution < -0.4 is 9.64 Å². The molecule has 0 aromatic heterocycles. The Morgan fingerprint density at radius 1 is 0.971 bits per heavy atom. The molecule has 2 aromatic carbocycles. The zero-order valence-electron chi connectivity index (χ0n) is 20.6. The first-order valence-electron chi connectivity index (χ1n) is 12.5. The van der Waals surface area contributed by atoms with E-state index in [1.54, 1.807) is 12.1 Å². The van der Waals surface area contributed by atoms with Gasteiger partial charge in [0.1, 0.15) is 5.75 Å². The molecule has 1 unspecified atom stereocenters. The summed E-state index contributed by atoms with van der Waals surface area (Å²) in [4.78, 5) is 25.5. The number of unbranched alkanes of at least 4 members (excludes halogenated alkanes) is 6. The Labute approximate surface area is 207 Å². The molecule has 1 atom stereocenters. The highest BCUT2D eigenvalue weighted by molar-refractivity contribution is 5.93. The number of ether oxygens (including phenoxy) is 1. The van der Waals surface area contributed by atoms with Crippen LogP contribution in [0.2, 0.25) is 0 Å². The molecule has 192 valence electrons. The monoisotopic (exact) mass is 486 g/mol. The Morgan fingerprint density at radius 2 is 1.66 bits per heavy atom. The van der Waals surface area contributed by atoms with E-state index in [0.717, 1.165) is 57.1 Å². The summed E-state index contributed by atoms with van der Waals surface area (Å²) in [5.74, 6) is 0.453. The molecule has 2 aromatic rings. The van der Waals surface area contributed by atoms with Crippen molar-refractivity contribution >= 4 is 17.3 Å². The number of nitro groups is 1. The quantitative estimate of drug-likeness (QED) is 0.172. The van der Waals surface area contributed by atoms with E-state index in [9.17, 15) is 20.0 Å². The van der Waals surface area contributed by atoms with Gasteiger partial charge in [0.25, 0.3) is 5.69 Å². The number of hydrogen-bond donors (Lipinski definition) is 2. The van der Waals surface area contributed by atoms with Crippen molar-refractivity contribution in [2.45, 2.75) is 70.8 Å². The van der Waals surface area contributed by atoms with Gasteiger partial charge in [-0.2, -0.15) is 0 Å². The molecule has 0 fully saturated rings. The molecule has 2 N–H and O–H groups in total. The van der Waals surface area contributed by atoms with Crippen LogP contribution in [-0.2, 0) is 4.79 Å². The molecule has 0 saturated heterocycles. The second-order valence-corrected chi connectivity index (χ2v) is 8.65. The standard InChI is InChI=1S/C27H38N2O6/c1-22(31)27-24(29(33)34)16-13-17-25(27)35-21-12-5-2-9-18-26(32)28(19-10-3-4-11-20-30)23-14-7-6-8-15-23/h6-8,13-17,22,30-31H,2-5,9-12,18-21H2,1H3. The number of carbonyl (C=O) groups excluding carboxylic acids is 1. The Bertz CT molecular complexity index is 904. The minimum Gasteiger partial charge on any atom is -0.493 e. The van der Waals surface area contributed by atoms with Gasteiger partial charge in [-0.3, -0.25) is 14.9 Å². The number of aliphatic hydroxyl groups is 2. The Balaban J connectivity index is 1.75. The molecule has 35 heavy (non-hydrogen) atoms. The summed E-state index contributed by atoms with van der Waals surface area (Å²) in [5.41, 5.74) is 0.965. The zero-order chi connectivity index (χ0) is 25.5. The first kappa shape index (κ1) is 28.3. The van der Waals surface area contributed by atoms with Crippen molar-refractivity contribution in [2.75, 3.05) is 24.7 Å². The summed E-state index contributed by atoms with van der Waals surface area (Å²) < 4.78 is 5.73. The lowest BCUT2D eigenvalue weighted by atomic mass is 10.1. The van der Waals surface area contributed by atoms with Crippen LogP contribution in [0.4, 0.5) is 11.4 Å². The third kappa shape index (κ3) is 9.66. The van der Waals surface area contributed by atoms with Crippen molar-refractivity contribution in [3.63, 3.8) is 0 Å². The average Bonchev–Trinajstić information content (AvgIpc) is 2.85. The summed E-state index contributed by atoms with van der Waals surface area (Å²) in [6.07, 6.45) is 6.41. The lowest BCUT2D eigenvalue weighted by Gasteiger charge is -2.23. The third-order valence-electron chi connectivity index (χ3n) is 5.86. The van der Waals surface area contributed by atoms with Crippen molar-refractivity contribution in [3.05, 3.63) is 64.2 Å². The maximum absolute atomic E-state index is 12.9. The van der Waals surface area contributed by atoms with Gasteiger partial charge >= 0.3 is 0 Å². The van der Waals surface area contributed by atoms with E-state index in [2.05, 4.69) is 0 Å². The lowest BCUT2D eigenvalue weighted by Crippen LogP contribution is -2.31. The van der Waals surface area contributed by atoms with Crippen LogP contribution in [0.3, 0.4) is 0 Å². The van der Waals surface area contributed by atoms with Gasteiger partial charge in [-0.15, -0.1) is 0 Å². The number of carbonyl (C=O) groups is 1. The van der Waals surface area contributed by atoms with Crippen LogP contribution in [0.15, 0.2) is 48.5 Å². The van der Waals surface area contributed by atoms with Crippen molar-refractivity contribution < 1.29 is 24.7 Å². The molecule has 0 radical (unpaired) electrons. The summed E-state index contributed by atoms with van der Waals surface area (Å²) in [7, 11) is 0. The number of nitrogens with zero attached hydrogens (tertiary/aromatic N) is 2. The van der Waals surface area contributed by atoms with Gasteiger partial charge in [0.2, 0.25) is 5.91 Å². The van der Waals surface area contributed by atoms with E-state index in [1.807, 2.05) is 35.2 Å². The van der Waals surface area contributed by atoms with Gasteiger partial charge in [-0.05, 0) is 50.8 Å². The highest BCUT2D eigenvalue weighted by atomic mass is 16.6. The predicted octanol–water partition coefficient (Wildman–Crippen LogP) is 5.56. The number of para-hydroxylation sites is 1. The van der Waals surface area contributed by atoms with Crippen molar-refractivity contribution in [1.29, 1.82) is 0 Å². The molecule has 0 aliphatic heterocycles. The fraction of sp³-hybridized carbons (Fsp3) is 0.519. The van der Waals surface area contributed by atoms with Crippen LogP contribution >= 0.6 is 0 Å². The van der Waals surface area contributed by atoms with Gasteiger partial charge in [0, 0.05) is 31.3 Å². The molecule has 0 heterocycles. The molecule has 8 heteroatoms. The van der Waals surface area contributed by atoms with E-state index in [0.29, 0.717) is 25.3 Å². The van der Waals surface area contributed by atoms with Crippen LogP contribution in [0, 0.1) is 10.1 Å². The van der Waals surface area contributed by atoms with Crippen LogP contribution in [0.1, 0.15) is 76.4 Å². The highest BCUT2D eigenvalue weighted by Crippen LogP contribution is 2.33. The molecular weight excluding hydrogens is 448 g/mol. The fourth-order valence-corrected chi connectivity index (χ4v) is 4.03. The summed E-state index contributed by atoms with van der Waals surface area (Å²) in [5, 5.41) is 30.1. The third-order valence-corrected chi connectivity index (χ3v) is 5.86. The first-order chi connectivity index (χ1) is 17.0. The van der Waals surface area contributed by atoms with E-state index in [4.69, 9.17) is 9.84 Å². The Hall–Kier alpha value is -2.97. The fourth-order valence-electron chi connectivity index (χ4n) is 4.03. The Kier molecular flexibility index (Phi) is 12.8. The van der Waals surface area contributed by atoms with Gasteiger partial charge in [-0.25, -0.2) is 0 Å². The van der Waals surface area contributed by atoms with Gasteiger partial charge in [-0.1, -0.05) is 49.9 Å². The number of rotatable bonds is 17. The molecule has 0 saturated carbocycles. The molecule has 8 nitrogen and oxygen atoms in total. The number of aliphatic hydroxyl groups excluding tert-OH is 2. The number of nitro benzene ring substituents is 1. The summed E-state index contributed by atoms with van der Waals surface area (Å²) in [6, 6.07) is 14.3. The van der Waals surface area contributed by atoms with Gasteiger partial charge < -0.3 is 19.8 Å². The SMILES string of the molecule is CC(O)c1c(OCCCCCCC(=O)N(CCCCCCO)c2ccccc2)cccc1[N+](=O)[O-]. The lowest BCUT2D eigenvalue weighted by molar-refractivity contribution is -0.386. The second-order valence-electron chi connectivity index (χ2n) is 8.65. The van der Waals surface area contributed by atoms with Crippen molar-refractivity contribution in [3.8, 4) is 5.75 Å². The van der Waals surface area contributed by atoms with E-state index in [-0.39, 0.29) is 23.8 Å². The first-order valence-corrected chi connectivity index (χ1v) is 12.5. The van der Waals surface area contributed by atoms with Gasteiger partial charge in [0.05, 0.1) is 23.2 Å².